The number of nitrogens with zero attached hydrogens (tertiary/aromatic N) is 1. The quantitative estimate of drug-likeness (QED) is 0.526. The molecule has 0 bridgehead atoms. The molecule has 140 valence electrons. The monoisotopic (exact) mass is 367 g/mol. The molecule has 0 heterocycles. The Hall–Kier alpha value is -0.910. The predicted molar refractivity (Wildman–Crippen MR) is 116 cm³/mol. The molecule has 0 aromatic heterocycles. The van der Waals surface area contributed by atoms with E-state index in [-0.39, 0.29) is 13.2 Å². The number of hydrogen-bond donors (Lipinski definition) is 0. The van der Waals surface area contributed by atoms with Crippen LogP contribution in [-0.2, 0) is 0 Å². The Morgan fingerprint density at radius 3 is 2.00 bits per heavy atom. The molecule has 0 spiro atoms. The summed E-state index contributed by atoms with van der Waals surface area (Å²) in [4.78, 5) is 2.62. The summed E-state index contributed by atoms with van der Waals surface area (Å²) in [7, 11) is 4.65. The van der Waals surface area contributed by atoms with Crippen molar-refractivity contribution in [3.8, 4) is 0 Å². The second kappa shape index (κ2) is 7.99. The highest BCUT2D eigenvalue weighted by molar-refractivity contribution is 7.61. The summed E-state index contributed by atoms with van der Waals surface area (Å²) in [5.74, 6) is 0. The van der Waals surface area contributed by atoms with Gasteiger partial charge in [-0.1, -0.05) is 82.2 Å². The molecule has 26 heavy (non-hydrogen) atoms. The first-order chi connectivity index (χ1) is 12.7. The van der Waals surface area contributed by atoms with Crippen LogP contribution < -0.4 is 0 Å². The molecule has 4 rings (SSSR count). The van der Waals surface area contributed by atoms with Gasteiger partial charge in [0.25, 0.3) is 0 Å². The first-order valence-corrected chi connectivity index (χ1v) is 12.1. The van der Waals surface area contributed by atoms with Crippen molar-refractivity contribution in [1.29, 1.82) is 0 Å². The van der Waals surface area contributed by atoms with Crippen LogP contribution in [0.3, 0.4) is 0 Å². The van der Waals surface area contributed by atoms with Crippen LogP contribution in [0, 0.1) is 0 Å². The van der Waals surface area contributed by atoms with Gasteiger partial charge >= 0.3 is 0 Å². The van der Waals surface area contributed by atoms with Gasteiger partial charge in [-0.15, -0.1) is 0 Å². The average molecular weight is 368 g/mol. The standard InChI is InChI=1S/C24H34NP/c1-25(2)24(19-11-10-18-23(24)20-12-4-3-5-13-20)26(21-14-6-7-15-21)22-16-8-9-17-22/h3-5,10-13,18,21-22H,6-9,14-17,19H2,1-2H3. The van der Waals surface area contributed by atoms with Gasteiger partial charge in [-0.2, -0.15) is 0 Å². The molecule has 1 nitrogen and oxygen atoms in total. The van der Waals surface area contributed by atoms with E-state index >= 15 is 0 Å². The molecule has 2 heteroatoms. The zero-order valence-electron chi connectivity index (χ0n) is 16.5. The SMILES string of the molecule is CN(C)C1(P(C2CCCC2)C2CCCC2)CC=CC=C1c1ccccc1. The van der Waals surface area contributed by atoms with Crippen molar-refractivity contribution in [3.63, 3.8) is 0 Å². The molecular formula is C24H34NP. The van der Waals surface area contributed by atoms with Gasteiger partial charge in [-0.05, 0) is 68.7 Å². The fourth-order valence-electron chi connectivity index (χ4n) is 5.75. The van der Waals surface area contributed by atoms with E-state index in [1.807, 2.05) is 0 Å². The minimum Gasteiger partial charge on any atom is -0.296 e. The third-order valence-corrected chi connectivity index (χ3v) is 11.2. The van der Waals surface area contributed by atoms with Gasteiger partial charge in [0.05, 0.1) is 5.28 Å². The predicted octanol–water partition coefficient (Wildman–Crippen LogP) is 6.65. The fourth-order valence-corrected chi connectivity index (χ4v) is 10.7. The smallest absolute Gasteiger partial charge is 0.0699 e. The summed E-state index contributed by atoms with van der Waals surface area (Å²) in [5.41, 5.74) is 4.97. The van der Waals surface area contributed by atoms with E-state index in [1.165, 1.54) is 63.4 Å². The maximum absolute atomic E-state index is 2.62. The zero-order valence-corrected chi connectivity index (χ0v) is 17.4. The van der Waals surface area contributed by atoms with Gasteiger partial charge in [-0.25, -0.2) is 0 Å². The number of likely N-dealkylation sites (N-methyl/N-ethyl adjacent to an activating group) is 1. The lowest BCUT2D eigenvalue weighted by molar-refractivity contribution is 0.308. The van der Waals surface area contributed by atoms with Crippen molar-refractivity contribution in [2.45, 2.75) is 74.4 Å². The van der Waals surface area contributed by atoms with Gasteiger partial charge in [0.15, 0.2) is 0 Å². The summed E-state index contributed by atoms with van der Waals surface area (Å²) in [6.45, 7) is 0. The molecule has 1 aromatic carbocycles. The molecule has 1 aromatic rings. The first kappa shape index (κ1) is 18.5. The molecule has 1 atom stereocenters. The van der Waals surface area contributed by atoms with Crippen LogP contribution in [0.5, 0.6) is 0 Å². The van der Waals surface area contributed by atoms with Crippen molar-refractivity contribution in [2.75, 3.05) is 14.1 Å². The molecule has 2 fully saturated rings. The van der Waals surface area contributed by atoms with Gasteiger partial charge in [0.1, 0.15) is 0 Å². The zero-order chi connectivity index (χ0) is 18.0. The minimum absolute atomic E-state index is 0.0613. The first-order valence-electron chi connectivity index (χ1n) is 10.6. The molecule has 0 aliphatic heterocycles. The van der Waals surface area contributed by atoms with Crippen LogP contribution in [0.15, 0.2) is 48.6 Å². The molecule has 1 unspecified atom stereocenters. The summed E-state index contributed by atoms with van der Waals surface area (Å²) in [6, 6.07) is 11.2. The van der Waals surface area contributed by atoms with Crippen LogP contribution in [-0.4, -0.2) is 35.6 Å². The number of hydrogen-bond acceptors (Lipinski definition) is 1. The highest BCUT2D eigenvalue weighted by Gasteiger charge is 2.50. The molecule has 3 aliphatic carbocycles. The van der Waals surface area contributed by atoms with Crippen molar-refractivity contribution in [3.05, 3.63) is 54.1 Å². The lowest BCUT2D eigenvalue weighted by Crippen LogP contribution is -2.47. The van der Waals surface area contributed by atoms with E-state index in [4.69, 9.17) is 0 Å². The molecule has 0 N–H and O–H groups in total. The topological polar surface area (TPSA) is 3.24 Å². The lowest BCUT2D eigenvalue weighted by Gasteiger charge is -2.53. The largest absolute Gasteiger partial charge is 0.296 e. The molecule has 2 saturated carbocycles. The average Bonchev–Trinajstić information content (AvgIpc) is 3.37. The van der Waals surface area contributed by atoms with Crippen LogP contribution >= 0.6 is 7.92 Å². The van der Waals surface area contributed by atoms with E-state index in [0.29, 0.717) is 0 Å². The normalized spacial score (nSPS) is 27.6. The van der Waals surface area contributed by atoms with Gasteiger partial charge in [0.2, 0.25) is 0 Å². The number of rotatable bonds is 5. The Balaban J connectivity index is 1.82. The summed E-state index contributed by atoms with van der Waals surface area (Å²) >= 11 is 0. The van der Waals surface area contributed by atoms with E-state index in [0.717, 1.165) is 11.3 Å². The van der Waals surface area contributed by atoms with Crippen molar-refractivity contribution in [1.82, 2.24) is 4.90 Å². The van der Waals surface area contributed by atoms with Crippen molar-refractivity contribution >= 4 is 13.5 Å². The molecule has 0 amide bonds. The van der Waals surface area contributed by atoms with Gasteiger partial charge in [-0.3, -0.25) is 4.90 Å². The highest BCUT2D eigenvalue weighted by Crippen LogP contribution is 2.70. The van der Waals surface area contributed by atoms with Crippen molar-refractivity contribution in [2.24, 2.45) is 0 Å². The van der Waals surface area contributed by atoms with Crippen molar-refractivity contribution < 1.29 is 0 Å². The van der Waals surface area contributed by atoms with E-state index in [2.05, 4.69) is 67.6 Å². The Labute approximate surface area is 161 Å². The minimum atomic E-state index is -0.0613. The Kier molecular flexibility index (Phi) is 5.67. The number of benzene rings is 1. The molecule has 0 saturated heterocycles. The van der Waals surface area contributed by atoms with E-state index < -0.39 is 0 Å². The van der Waals surface area contributed by atoms with Crippen LogP contribution in [0.1, 0.15) is 63.4 Å². The van der Waals surface area contributed by atoms with Crippen LogP contribution in [0.4, 0.5) is 0 Å². The van der Waals surface area contributed by atoms with Crippen LogP contribution in [0.25, 0.3) is 5.57 Å². The van der Waals surface area contributed by atoms with E-state index in [9.17, 15) is 0 Å². The second-order valence-corrected chi connectivity index (χ2v) is 11.6. The maximum Gasteiger partial charge on any atom is 0.0699 e. The Morgan fingerprint density at radius 2 is 1.46 bits per heavy atom. The van der Waals surface area contributed by atoms with Crippen LogP contribution in [0.2, 0.25) is 0 Å². The fraction of sp³-hybridized carbons (Fsp3) is 0.583. The Morgan fingerprint density at radius 1 is 0.885 bits per heavy atom. The third-order valence-electron chi connectivity index (χ3n) is 6.92. The van der Waals surface area contributed by atoms with E-state index in [1.54, 1.807) is 5.57 Å². The molecule has 3 aliphatic rings. The second-order valence-electron chi connectivity index (χ2n) is 8.57. The molecular weight excluding hydrogens is 333 g/mol. The van der Waals surface area contributed by atoms with Gasteiger partial charge in [0, 0.05) is 0 Å². The summed E-state index contributed by atoms with van der Waals surface area (Å²) in [5, 5.41) is 0.218. The highest BCUT2D eigenvalue weighted by atomic mass is 31.1. The lowest BCUT2D eigenvalue weighted by atomic mass is 9.91. The number of allylic oxidation sites excluding steroid dienone is 2. The molecule has 0 radical (unpaired) electrons. The third kappa shape index (κ3) is 3.23. The summed E-state index contributed by atoms with van der Waals surface area (Å²) < 4.78 is 0. The Bertz CT molecular complexity index is 634. The van der Waals surface area contributed by atoms with Gasteiger partial charge < -0.3 is 0 Å². The maximum atomic E-state index is 2.62. The summed E-state index contributed by atoms with van der Waals surface area (Å²) in [6.07, 6.45) is 20.1.